The predicted octanol–water partition coefficient (Wildman–Crippen LogP) is 0.975. The van der Waals surface area contributed by atoms with E-state index in [-0.39, 0.29) is 0 Å². The van der Waals surface area contributed by atoms with Gasteiger partial charge in [0.1, 0.15) is 0 Å². The summed E-state index contributed by atoms with van der Waals surface area (Å²) in [5.41, 5.74) is 1.10. The van der Waals surface area contributed by atoms with Crippen LogP contribution < -0.4 is 5.32 Å². The maximum Gasteiger partial charge on any atom is 0.252 e. The number of piperidine rings is 1. The minimum atomic E-state index is 0.669. The minimum Gasteiger partial charge on any atom is -0.316 e. The highest BCUT2D eigenvalue weighted by Crippen LogP contribution is 2.14. The second-order valence-corrected chi connectivity index (χ2v) is 4.82. The Morgan fingerprint density at radius 1 is 1.53 bits per heavy atom. The third-order valence-corrected chi connectivity index (χ3v) is 3.24. The molecule has 1 saturated heterocycles. The van der Waals surface area contributed by atoms with Crippen LogP contribution in [0.5, 0.6) is 0 Å². The van der Waals surface area contributed by atoms with Gasteiger partial charge in [-0.15, -0.1) is 5.10 Å². The lowest BCUT2D eigenvalue weighted by Crippen LogP contribution is -2.31. The van der Waals surface area contributed by atoms with Crippen LogP contribution in [0.4, 0.5) is 0 Å². The van der Waals surface area contributed by atoms with Crippen molar-refractivity contribution in [3.05, 3.63) is 23.8 Å². The topological polar surface area (TPSA) is 55.1 Å². The van der Waals surface area contributed by atoms with Gasteiger partial charge in [-0.3, -0.25) is 0 Å². The largest absolute Gasteiger partial charge is 0.316 e. The fourth-order valence-corrected chi connectivity index (χ4v) is 2.36. The summed E-state index contributed by atoms with van der Waals surface area (Å²) in [6.07, 6.45) is 7.29. The summed E-state index contributed by atoms with van der Waals surface area (Å²) in [7, 11) is 0. The molecule has 0 radical (unpaired) electrons. The molecule has 0 saturated carbocycles. The predicted molar refractivity (Wildman–Crippen MR) is 64.8 cm³/mol. The molecule has 0 bridgehead atoms. The van der Waals surface area contributed by atoms with E-state index in [0.717, 1.165) is 30.9 Å². The summed E-state index contributed by atoms with van der Waals surface area (Å²) in [6.45, 7) is 4.25. The second-order valence-electron chi connectivity index (χ2n) is 4.82. The summed E-state index contributed by atoms with van der Waals surface area (Å²) in [5, 5.41) is 7.90. The first-order valence-corrected chi connectivity index (χ1v) is 6.20. The monoisotopic (exact) mass is 231 g/mol. The molecule has 2 aromatic heterocycles. The molecular weight excluding hydrogens is 214 g/mol. The number of hydrogen-bond donors (Lipinski definition) is 1. The first-order valence-electron chi connectivity index (χ1n) is 6.20. The molecule has 0 aromatic carbocycles. The number of hydrogen-bond acceptors (Lipinski definition) is 4. The number of fused-ring (bicyclic) bond motifs is 1. The molecular formula is C12H17N5. The van der Waals surface area contributed by atoms with Gasteiger partial charge in [0.2, 0.25) is 0 Å². The average Bonchev–Trinajstić information content (AvgIpc) is 2.71. The van der Waals surface area contributed by atoms with Gasteiger partial charge in [0.25, 0.3) is 5.78 Å². The summed E-state index contributed by atoms with van der Waals surface area (Å²) in [5.74, 6) is 2.29. The van der Waals surface area contributed by atoms with Crippen molar-refractivity contribution >= 4 is 5.78 Å². The van der Waals surface area contributed by atoms with E-state index in [4.69, 9.17) is 0 Å². The lowest BCUT2D eigenvalue weighted by molar-refractivity contribution is 0.371. The number of aromatic nitrogens is 4. The first kappa shape index (κ1) is 10.7. The van der Waals surface area contributed by atoms with Crippen molar-refractivity contribution in [1.82, 2.24) is 24.9 Å². The number of aryl methyl sites for hydroxylation is 1. The smallest absolute Gasteiger partial charge is 0.252 e. The molecule has 2 aromatic rings. The zero-order valence-electron chi connectivity index (χ0n) is 10.1. The van der Waals surface area contributed by atoms with E-state index in [1.54, 1.807) is 4.52 Å². The third-order valence-electron chi connectivity index (χ3n) is 3.24. The summed E-state index contributed by atoms with van der Waals surface area (Å²) >= 11 is 0. The van der Waals surface area contributed by atoms with E-state index in [2.05, 4.69) is 20.4 Å². The average molecular weight is 231 g/mol. The van der Waals surface area contributed by atoms with Crippen LogP contribution >= 0.6 is 0 Å². The van der Waals surface area contributed by atoms with Gasteiger partial charge in [-0.05, 0) is 44.3 Å². The molecule has 90 valence electrons. The van der Waals surface area contributed by atoms with Crippen molar-refractivity contribution in [2.45, 2.75) is 26.2 Å². The Balaban J connectivity index is 1.80. The molecule has 1 N–H and O–H groups in total. The Kier molecular flexibility index (Phi) is 2.76. The van der Waals surface area contributed by atoms with E-state index in [0.29, 0.717) is 11.7 Å². The van der Waals surface area contributed by atoms with Gasteiger partial charge < -0.3 is 5.32 Å². The van der Waals surface area contributed by atoms with E-state index in [1.165, 1.54) is 12.8 Å². The lowest BCUT2D eigenvalue weighted by atomic mass is 9.96. The SMILES string of the molecule is Cc1cnc2nc(CC3CCCNC3)nn2c1. The summed E-state index contributed by atoms with van der Waals surface area (Å²) in [6, 6.07) is 0. The van der Waals surface area contributed by atoms with Crippen LogP contribution in [0.3, 0.4) is 0 Å². The van der Waals surface area contributed by atoms with E-state index in [9.17, 15) is 0 Å². The van der Waals surface area contributed by atoms with Gasteiger partial charge in [0.05, 0.1) is 0 Å². The molecule has 1 aliphatic heterocycles. The van der Waals surface area contributed by atoms with Crippen LogP contribution in [0, 0.1) is 12.8 Å². The molecule has 1 aliphatic rings. The summed E-state index contributed by atoms with van der Waals surface area (Å²) in [4.78, 5) is 8.73. The van der Waals surface area contributed by atoms with Crippen LogP contribution in [0.25, 0.3) is 5.78 Å². The quantitative estimate of drug-likeness (QED) is 0.837. The maximum absolute atomic E-state index is 4.48. The molecule has 3 heterocycles. The van der Waals surface area contributed by atoms with E-state index in [1.807, 2.05) is 19.3 Å². The molecule has 0 aliphatic carbocycles. The van der Waals surface area contributed by atoms with Gasteiger partial charge in [0.15, 0.2) is 5.82 Å². The first-order chi connectivity index (χ1) is 8.31. The molecule has 0 spiro atoms. The highest BCUT2D eigenvalue weighted by molar-refractivity contribution is 5.27. The Labute approximate surface area is 100 Å². The van der Waals surface area contributed by atoms with Crippen LogP contribution in [0.2, 0.25) is 0 Å². The Morgan fingerprint density at radius 2 is 2.47 bits per heavy atom. The van der Waals surface area contributed by atoms with Gasteiger partial charge in [-0.2, -0.15) is 4.98 Å². The molecule has 17 heavy (non-hydrogen) atoms. The third kappa shape index (κ3) is 2.29. The van der Waals surface area contributed by atoms with Gasteiger partial charge in [-0.25, -0.2) is 9.50 Å². The molecule has 0 amide bonds. The Bertz CT molecular complexity index is 513. The number of nitrogens with one attached hydrogen (secondary N) is 1. The highest BCUT2D eigenvalue weighted by Gasteiger charge is 2.16. The normalized spacial score (nSPS) is 20.9. The fraction of sp³-hybridized carbons (Fsp3) is 0.583. The second kappa shape index (κ2) is 4.41. The van der Waals surface area contributed by atoms with Crippen LogP contribution in [-0.2, 0) is 6.42 Å². The molecule has 1 atom stereocenters. The van der Waals surface area contributed by atoms with Crippen LogP contribution in [-0.4, -0.2) is 32.7 Å². The lowest BCUT2D eigenvalue weighted by Gasteiger charge is -2.21. The number of nitrogens with zero attached hydrogens (tertiary/aromatic N) is 4. The molecule has 1 unspecified atom stereocenters. The summed E-state index contributed by atoms with van der Waals surface area (Å²) < 4.78 is 1.78. The number of rotatable bonds is 2. The van der Waals surface area contributed by atoms with Crippen LogP contribution in [0.15, 0.2) is 12.4 Å². The van der Waals surface area contributed by atoms with Gasteiger partial charge in [0, 0.05) is 18.8 Å². The zero-order chi connectivity index (χ0) is 11.7. The molecule has 5 heteroatoms. The van der Waals surface area contributed by atoms with Crippen LogP contribution in [0.1, 0.15) is 24.2 Å². The highest BCUT2D eigenvalue weighted by atomic mass is 15.3. The Morgan fingerprint density at radius 3 is 3.29 bits per heavy atom. The fourth-order valence-electron chi connectivity index (χ4n) is 2.36. The maximum atomic E-state index is 4.48. The standard InChI is InChI=1S/C12H17N5/c1-9-6-14-12-15-11(16-17(12)8-9)5-10-3-2-4-13-7-10/h6,8,10,13H,2-5,7H2,1H3. The Hall–Kier alpha value is -1.49. The minimum absolute atomic E-state index is 0.669. The van der Waals surface area contributed by atoms with Crippen molar-refractivity contribution in [2.75, 3.05) is 13.1 Å². The molecule has 3 rings (SSSR count). The molecule has 1 fully saturated rings. The molecule has 5 nitrogen and oxygen atoms in total. The van der Waals surface area contributed by atoms with Gasteiger partial charge >= 0.3 is 0 Å². The van der Waals surface area contributed by atoms with Crippen molar-refractivity contribution < 1.29 is 0 Å². The van der Waals surface area contributed by atoms with Crippen molar-refractivity contribution in [3.8, 4) is 0 Å². The zero-order valence-corrected chi connectivity index (χ0v) is 10.1. The van der Waals surface area contributed by atoms with Crippen molar-refractivity contribution in [1.29, 1.82) is 0 Å². The van der Waals surface area contributed by atoms with E-state index >= 15 is 0 Å². The van der Waals surface area contributed by atoms with Crippen molar-refractivity contribution in [3.63, 3.8) is 0 Å². The van der Waals surface area contributed by atoms with E-state index < -0.39 is 0 Å². The van der Waals surface area contributed by atoms with Gasteiger partial charge in [-0.1, -0.05) is 0 Å². The van der Waals surface area contributed by atoms with Crippen molar-refractivity contribution in [2.24, 2.45) is 5.92 Å².